The standard InChI is InChI=1S/C17H22N4OS.ClH/c1-12-11-23-16(19-12)21-14-7-5-13(6-8-14)20-15(22)17(18)9-3-2-4-10-17;/h5-8,11H,2-4,9-10,18H2,1H3,(H,19,21)(H,20,22);1H. The van der Waals surface area contributed by atoms with E-state index in [9.17, 15) is 4.79 Å². The first-order valence-electron chi connectivity index (χ1n) is 7.95. The van der Waals surface area contributed by atoms with E-state index in [0.717, 1.165) is 47.9 Å². The van der Waals surface area contributed by atoms with Crippen LogP contribution in [0.25, 0.3) is 0 Å². The van der Waals surface area contributed by atoms with Crippen molar-refractivity contribution >= 4 is 46.2 Å². The van der Waals surface area contributed by atoms with E-state index < -0.39 is 5.54 Å². The van der Waals surface area contributed by atoms with Crippen LogP contribution in [0.4, 0.5) is 16.5 Å². The second-order valence-corrected chi connectivity index (χ2v) is 7.03. The van der Waals surface area contributed by atoms with Crippen molar-refractivity contribution in [3.05, 3.63) is 35.3 Å². The highest BCUT2D eigenvalue weighted by atomic mass is 35.5. The Morgan fingerprint density at radius 1 is 1.17 bits per heavy atom. The van der Waals surface area contributed by atoms with E-state index in [4.69, 9.17) is 5.73 Å². The number of anilines is 3. The molecule has 5 nitrogen and oxygen atoms in total. The summed E-state index contributed by atoms with van der Waals surface area (Å²) in [6, 6.07) is 7.62. The number of halogens is 1. The summed E-state index contributed by atoms with van der Waals surface area (Å²) in [5.41, 5.74) is 8.25. The Morgan fingerprint density at radius 3 is 2.38 bits per heavy atom. The fraction of sp³-hybridized carbons (Fsp3) is 0.412. The van der Waals surface area contributed by atoms with Crippen molar-refractivity contribution in [2.75, 3.05) is 10.6 Å². The van der Waals surface area contributed by atoms with Gasteiger partial charge in [-0.2, -0.15) is 0 Å². The average Bonchev–Trinajstić information content (AvgIpc) is 2.95. The highest BCUT2D eigenvalue weighted by Gasteiger charge is 2.35. The van der Waals surface area contributed by atoms with Crippen LogP contribution in [-0.4, -0.2) is 16.4 Å². The maximum absolute atomic E-state index is 12.4. The maximum atomic E-state index is 12.4. The summed E-state index contributed by atoms with van der Waals surface area (Å²) in [5, 5.41) is 9.05. The summed E-state index contributed by atoms with van der Waals surface area (Å²) in [5.74, 6) is -0.0755. The molecule has 1 saturated carbocycles. The van der Waals surface area contributed by atoms with Crippen LogP contribution in [0.2, 0.25) is 0 Å². The quantitative estimate of drug-likeness (QED) is 0.756. The Hall–Kier alpha value is -1.63. The van der Waals surface area contributed by atoms with Crippen LogP contribution in [0, 0.1) is 6.92 Å². The van der Waals surface area contributed by atoms with Crippen molar-refractivity contribution in [1.29, 1.82) is 0 Å². The van der Waals surface area contributed by atoms with Crippen LogP contribution in [0.15, 0.2) is 29.6 Å². The fourth-order valence-electron chi connectivity index (χ4n) is 2.84. The predicted molar refractivity (Wildman–Crippen MR) is 102 cm³/mol. The molecule has 2 aromatic rings. The highest BCUT2D eigenvalue weighted by Crippen LogP contribution is 2.28. The number of nitrogens with one attached hydrogen (secondary N) is 2. The molecule has 0 radical (unpaired) electrons. The van der Waals surface area contributed by atoms with Gasteiger partial charge in [0.15, 0.2) is 5.13 Å². The summed E-state index contributed by atoms with van der Waals surface area (Å²) in [4.78, 5) is 16.8. The highest BCUT2D eigenvalue weighted by molar-refractivity contribution is 7.13. The van der Waals surface area contributed by atoms with Gasteiger partial charge in [0.05, 0.1) is 11.2 Å². The molecule has 4 N–H and O–H groups in total. The van der Waals surface area contributed by atoms with Gasteiger partial charge in [-0.3, -0.25) is 4.79 Å². The van der Waals surface area contributed by atoms with E-state index in [2.05, 4.69) is 15.6 Å². The van der Waals surface area contributed by atoms with E-state index in [-0.39, 0.29) is 18.3 Å². The average molecular weight is 367 g/mol. The Bertz CT molecular complexity index is 680. The number of hydrogen-bond donors (Lipinski definition) is 3. The number of nitrogens with two attached hydrogens (primary N) is 1. The van der Waals surface area contributed by atoms with Gasteiger partial charge < -0.3 is 16.4 Å². The molecule has 0 atom stereocenters. The van der Waals surface area contributed by atoms with Gasteiger partial charge in [-0.25, -0.2) is 4.98 Å². The Balaban J connectivity index is 0.00000208. The molecule has 0 spiro atoms. The first-order chi connectivity index (χ1) is 11.0. The smallest absolute Gasteiger partial charge is 0.244 e. The number of hydrogen-bond acceptors (Lipinski definition) is 5. The predicted octanol–water partition coefficient (Wildman–Crippen LogP) is 4.22. The first-order valence-corrected chi connectivity index (χ1v) is 8.83. The number of carbonyl (C=O) groups excluding carboxylic acids is 1. The van der Waals surface area contributed by atoms with Crippen LogP contribution in [0.1, 0.15) is 37.8 Å². The largest absolute Gasteiger partial charge is 0.332 e. The number of aryl methyl sites for hydroxylation is 1. The molecule has 1 heterocycles. The number of nitrogens with zero attached hydrogens (tertiary/aromatic N) is 1. The van der Waals surface area contributed by atoms with E-state index in [0.29, 0.717) is 0 Å². The minimum atomic E-state index is -0.715. The molecule has 0 saturated heterocycles. The molecule has 7 heteroatoms. The van der Waals surface area contributed by atoms with Gasteiger partial charge in [-0.05, 0) is 44.0 Å². The molecule has 1 aromatic carbocycles. The van der Waals surface area contributed by atoms with Crippen LogP contribution in [-0.2, 0) is 4.79 Å². The molecule has 130 valence electrons. The number of thiazole rings is 1. The lowest BCUT2D eigenvalue weighted by atomic mass is 9.82. The third-order valence-electron chi connectivity index (χ3n) is 4.21. The molecular formula is C17H23ClN4OS. The second-order valence-electron chi connectivity index (χ2n) is 6.17. The van der Waals surface area contributed by atoms with Crippen molar-refractivity contribution < 1.29 is 4.79 Å². The van der Waals surface area contributed by atoms with Gasteiger partial charge in [0.2, 0.25) is 5.91 Å². The molecular weight excluding hydrogens is 344 g/mol. The van der Waals surface area contributed by atoms with Gasteiger partial charge in [-0.1, -0.05) is 19.3 Å². The zero-order valence-corrected chi connectivity index (χ0v) is 15.3. The maximum Gasteiger partial charge on any atom is 0.244 e. The van der Waals surface area contributed by atoms with Gasteiger partial charge in [-0.15, -0.1) is 23.7 Å². The number of benzene rings is 1. The summed E-state index contributed by atoms with van der Waals surface area (Å²) >= 11 is 1.57. The number of carbonyl (C=O) groups is 1. The molecule has 1 aliphatic rings. The SMILES string of the molecule is Cc1csc(Nc2ccc(NC(=O)C3(N)CCCCC3)cc2)n1.Cl. The van der Waals surface area contributed by atoms with Crippen molar-refractivity contribution in [2.45, 2.75) is 44.6 Å². The molecule has 0 unspecified atom stereocenters. The molecule has 1 aromatic heterocycles. The van der Waals surface area contributed by atoms with Gasteiger partial charge in [0.1, 0.15) is 0 Å². The fourth-order valence-corrected chi connectivity index (χ4v) is 3.55. The zero-order valence-electron chi connectivity index (χ0n) is 13.7. The van der Waals surface area contributed by atoms with Crippen LogP contribution < -0.4 is 16.4 Å². The summed E-state index contributed by atoms with van der Waals surface area (Å²) < 4.78 is 0. The van der Waals surface area contributed by atoms with Crippen molar-refractivity contribution in [3.63, 3.8) is 0 Å². The third-order valence-corrected chi connectivity index (χ3v) is 5.09. The minimum absolute atomic E-state index is 0. The minimum Gasteiger partial charge on any atom is -0.332 e. The molecule has 24 heavy (non-hydrogen) atoms. The van der Waals surface area contributed by atoms with E-state index in [1.165, 1.54) is 6.42 Å². The van der Waals surface area contributed by atoms with Crippen LogP contribution >= 0.6 is 23.7 Å². The number of aromatic nitrogens is 1. The first kappa shape index (κ1) is 18.7. The van der Waals surface area contributed by atoms with Crippen molar-refractivity contribution in [1.82, 2.24) is 4.98 Å². The Morgan fingerprint density at radius 2 is 1.79 bits per heavy atom. The monoisotopic (exact) mass is 366 g/mol. The van der Waals surface area contributed by atoms with Crippen molar-refractivity contribution in [3.8, 4) is 0 Å². The lowest BCUT2D eigenvalue weighted by Crippen LogP contribution is -2.52. The Labute approximate surface area is 152 Å². The van der Waals surface area contributed by atoms with Crippen molar-refractivity contribution in [2.24, 2.45) is 5.73 Å². The van der Waals surface area contributed by atoms with Crippen LogP contribution in [0.5, 0.6) is 0 Å². The molecule has 0 bridgehead atoms. The van der Waals surface area contributed by atoms with Gasteiger partial charge >= 0.3 is 0 Å². The second kappa shape index (κ2) is 7.96. The molecule has 1 amide bonds. The molecule has 1 aliphatic carbocycles. The summed E-state index contributed by atoms with van der Waals surface area (Å²) in [6.45, 7) is 1.97. The lowest BCUT2D eigenvalue weighted by Gasteiger charge is -2.31. The lowest BCUT2D eigenvalue weighted by molar-refractivity contribution is -0.122. The normalized spacial score (nSPS) is 16.1. The van der Waals surface area contributed by atoms with Gasteiger partial charge in [0, 0.05) is 16.8 Å². The zero-order chi connectivity index (χ0) is 16.3. The topological polar surface area (TPSA) is 80.0 Å². The summed E-state index contributed by atoms with van der Waals surface area (Å²) in [7, 11) is 0. The summed E-state index contributed by atoms with van der Waals surface area (Å²) in [6.07, 6.45) is 4.76. The van der Waals surface area contributed by atoms with Crippen LogP contribution in [0.3, 0.4) is 0 Å². The molecule has 3 rings (SSSR count). The molecule has 1 fully saturated rings. The third kappa shape index (κ3) is 4.47. The molecule has 0 aliphatic heterocycles. The van der Waals surface area contributed by atoms with E-state index in [1.54, 1.807) is 11.3 Å². The van der Waals surface area contributed by atoms with Gasteiger partial charge in [0.25, 0.3) is 0 Å². The number of amides is 1. The Kier molecular flexibility index (Phi) is 6.21. The van der Waals surface area contributed by atoms with E-state index in [1.807, 2.05) is 36.6 Å². The number of rotatable bonds is 4. The van der Waals surface area contributed by atoms with E-state index >= 15 is 0 Å².